The quantitative estimate of drug-likeness (QED) is 0.640. The van der Waals surface area contributed by atoms with Crippen LogP contribution in [-0.2, 0) is 0 Å². The van der Waals surface area contributed by atoms with Gasteiger partial charge in [0.05, 0.1) is 0 Å². The van der Waals surface area contributed by atoms with Crippen LogP contribution in [0.3, 0.4) is 0 Å². The number of anilines is 2. The van der Waals surface area contributed by atoms with Gasteiger partial charge in [0.1, 0.15) is 0 Å². The molecule has 2 rings (SSSR count). The molecule has 3 nitrogen and oxygen atoms in total. The molecule has 0 aliphatic heterocycles. The van der Waals surface area contributed by atoms with Crippen LogP contribution in [0.2, 0.25) is 0 Å². The lowest BCUT2D eigenvalue weighted by atomic mass is 10.1. The normalized spacial score (nSPS) is 10.3. The number of hydrogen-bond donors (Lipinski definition) is 2. The second-order valence-corrected chi connectivity index (χ2v) is 6.15. The second-order valence-electron chi connectivity index (χ2n) is 4.35. The number of nitrogens with two attached hydrogens (primary N) is 1. The molecule has 0 unspecified atom stereocenters. The number of nitrogens with one attached hydrogen (secondary N) is 1. The minimum absolute atomic E-state index is 0.159. The van der Waals surface area contributed by atoms with Crippen LogP contribution in [0.25, 0.3) is 0 Å². The Bertz CT molecular complexity index is 658. The van der Waals surface area contributed by atoms with Crippen molar-refractivity contribution in [1.29, 1.82) is 0 Å². The summed E-state index contributed by atoms with van der Waals surface area (Å²) in [6, 6.07) is 11.3. The van der Waals surface area contributed by atoms with E-state index in [4.69, 9.17) is 5.73 Å². The fraction of sp³-hybridized carbons (Fsp3) is 0.133. The topological polar surface area (TPSA) is 55.1 Å². The molecule has 5 heteroatoms. The zero-order chi connectivity index (χ0) is 14.7. The number of thioether (sulfide) groups is 1. The molecule has 0 aliphatic rings. The Labute approximate surface area is 131 Å². The lowest BCUT2D eigenvalue weighted by Gasteiger charge is -2.11. The van der Waals surface area contributed by atoms with E-state index < -0.39 is 0 Å². The largest absolute Gasteiger partial charge is 0.398 e. The van der Waals surface area contributed by atoms with Crippen molar-refractivity contribution >= 4 is 45.0 Å². The van der Waals surface area contributed by atoms with Gasteiger partial charge in [-0.2, -0.15) is 0 Å². The molecule has 0 bridgehead atoms. The maximum atomic E-state index is 12.3. The second kappa shape index (κ2) is 6.33. The molecule has 2 aromatic carbocycles. The first-order valence-corrected chi connectivity index (χ1v) is 8.04. The third-order valence-corrected chi connectivity index (χ3v) is 4.17. The highest BCUT2D eigenvalue weighted by atomic mass is 79.9. The van der Waals surface area contributed by atoms with Crippen molar-refractivity contribution < 1.29 is 4.79 Å². The van der Waals surface area contributed by atoms with Gasteiger partial charge in [0, 0.05) is 26.3 Å². The average Bonchev–Trinajstić information content (AvgIpc) is 2.43. The van der Waals surface area contributed by atoms with Crippen LogP contribution in [0, 0.1) is 6.92 Å². The van der Waals surface area contributed by atoms with E-state index in [1.165, 1.54) is 0 Å². The lowest BCUT2D eigenvalue weighted by Crippen LogP contribution is -2.14. The molecule has 0 aliphatic carbocycles. The molecule has 0 heterocycles. The van der Waals surface area contributed by atoms with Gasteiger partial charge in [-0.15, -0.1) is 11.8 Å². The van der Waals surface area contributed by atoms with E-state index in [1.54, 1.807) is 23.9 Å². The Balaban J connectivity index is 2.28. The first kappa shape index (κ1) is 14.9. The minimum atomic E-state index is -0.159. The van der Waals surface area contributed by atoms with Gasteiger partial charge < -0.3 is 11.1 Å². The summed E-state index contributed by atoms with van der Waals surface area (Å²) >= 11 is 5.00. The highest BCUT2D eigenvalue weighted by Gasteiger charge is 2.12. The zero-order valence-electron chi connectivity index (χ0n) is 11.2. The highest BCUT2D eigenvalue weighted by molar-refractivity contribution is 9.10. The smallest absolute Gasteiger partial charge is 0.256 e. The third-order valence-electron chi connectivity index (χ3n) is 2.98. The maximum absolute atomic E-state index is 12.3. The molecule has 2 aromatic rings. The van der Waals surface area contributed by atoms with Crippen LogP contribution < -0.4 is 11.1 Å². The minimum Gasteiger partial charge on any atom is -0.398 e. The Kier molecular flexibility index (Phi) is 4.73. The number of carbonyl (C=O) groups excluding carboxylic acids is 1. The van der Waals surface area contributed by atoms with Crippen molar-refractivity contribution in [2.45, 2.75) is 11.8 Å². The standard InChI is InChI=1S/C15H15BrN2OS/c1-9-13(6-10(16)7-14(9)17)15(19)18-11-4-3-5-12(8-11)20-2/h3-8H,17H2,1-2H3,(H,18,19). The number of carbonyl (C=O) groups is 1. The molecule has 1 amide bonds. The lowest BCUT2D eigenvalue weighted by molar-refractivity contribution is 0.102. The van der Waals surface area contributed by atoms with Crippen LogP contribution in [0.15, 0.2) is 45.8 Å². The number of amides is 1. The Morgan fingerprint density at radius 2 is 2.05 bits per heavy atom. The molecule has 0 radical (unpaired) electrons. The average molecular weight is 351 g/mol. The van der Waals surface area contributed by atoms with Gasteiger partial charge in [-0.3, -0.25) is 4.79 Å². The summed E-state index contributed by atoms with van der Waals surface area (Å²) in [4.78, 5) is 13.4. The first-order chi connectivity index (χ1) is 9.51. The van der Waals surface area contributed by atoms with Gasteiger partial charge >= 0.3 is 0 Å². The van der Waals surface area contributed by atoms with Gasteiger partial charge in [0.2, 0.25) is 0 Å². The molecule has 104 valence electrons. The van der Waals surface area contributed by atoms with Crippen molar-refractivity contribution in [2.24, 2.45) is 0 Å². The molecule has 0 fully saturated rings. The Hall–Kier alpha value is -1.46. The van der Waals surface area contributed by atoms with E-state index >= 15 is 0 Å². The Morgan fingerprint density at radius 1 is 1.30 bits per heavy atom. The fourth-order valence-electron chi connectivity index (χ4n) is 1.84. The SMILES string of the molecule is CSc1cccc(NC(=O)c2cc(Br)cc(N)c2C)c1. The molecule has 3 N–H and O–H groups in total. The fourth-order valence-corrected chi connectivity index (χ4v) is 2.77. The number of benzene rings is 2. The Morgan fingerprint density at radius 3 is 2.75 bits per heavy atom. The van der Waals surface area contributed by atoms with Crippen LogP contribution in [-0.4, -0.2) is 12.2 Å². The maximum Gasteiger partial charge on any atom is 0.256 e. The van der Waals surface area contributed by atoms with Crippen LogP contribution in [0.1, 0.15) is 15.9 Å². The molecular weight excluding hydrogens is 336 g/mol. The van der Waals surface area contributed by atoms with E-state index in [0.29, 0.717) is 11.3 Å². The van der Waals surface area contributed by atoms with Gasteiger partial charge in [-0.25, -0.2) is 0 Å². The monoisotopic (exact) mass is 350 g/mol. The summed E-state index contributed by atoms with van der Waals surface area (Å²) in [5.41, 5.74) is 8.62. The molecule has 0 saturated carbocycles. The summed E-state index contributed by atoms with van der Waals surface area (Å²) in [7, 11) is 0. The van der Waals surface area contributed by atoms with Gasteiger partial charge in [-0.05, 0) is 49.1 Å². The molecule has 0 spiro atoms. The van der Waals surface area contributed by atoms with Crippen LogP contribution in [0.5, 0.6) is 0 Å². The van der Waals surface area contributed by atoms with Crippen LogP contribution >= 0.6 is 27.7 Å². The predicted molar refractivity (Wildman–Crippen MR) is 89.5 cm³/mol. The highest BCUT2D eigenvalue weighted by Crippen LogP contribution is 2.24. The molecule has 0 saturated heterocycles. The summed E-state index contributed by atoms with van der Waals surface area (Å²) in [6.45, 7) is 1.84. The summed E-state index contributed by atoms with van der Waals surface area (Å²) in [5.74, 6) is -0.159. The predicted octanol–water partition coefficient (Wildman–Crippen LogP) is 4.31. The summed E-state index contributed by atoms with van der Waals surface area (Å²) < 4.78 is 0.795. The summed E-state index contributed by atoms with van der Waals surface area (Å²) in [5, 5.41) is 2.90. The zero-order valence-corrected chi connectivity index (χ0v) is 13.6. The van der Waals surface area contributed by atoms with Crippen molar-refractivity contribution in [2.75, 3.05) is 17.3 Å². The number of rotatable bonds is 3. The molecule has 0 atom stereocenters. The number of halogens is 1. The number of nitrogen functional groups attached to an aromatic ring is 1. The first-order valence-electron chi connectivity index (χ1n) is 6.02. The van der Waals surface area contributed by atoms with Gasteiger partial charge in [0.25, 0.3) is 5.91 Å². The van der Waals surface area contributed by atoms with E-state index in [-0.39, 0.29) is 5.91 Å². The summed E-state index contributed by atoms with van der Waals surface area (Å²) in [6.07, 6.45) is 2.00. The van der Waals surface area contributed by atoms with Crippen molar-refractivity contribution in [3.8, 4) is 0 Å². The van der Waals surface area contributed by atoms with Gasteiger partial charge in [0.15, 0.2) is 0 Å². The third kappa shape index (κ3) is 3.35. The van der Waals surface area contributed by atoms with E-state index in [1.807, 2.05) is 37.4 Å². The van der Waals surface area contributed by atoms with E-state index in [2.05, 4.69) is 21.2 Å². The van der Waals surface area contributed by atoms with Gasteiger partial charge in [-0.1, -0.05) is 22.0 Å². The molecule has 20 heavy (non-hydrogen) atoms. The molecule has 0 aromatic heterocycles. The van der Waals surface area contributed by atoms with E-state index in [9.17, 15) is 4.79 Å². The molecular formula is C15H15BrN2OS. The van der Waals surface area contributed by atoms with E-state index in [0.717, 1.165) is 20.6 Å². The number of hydrogen-bond acceptors (Lipinski definition) is 3. The van der Waals surface area contributed by atoms with Crippen LogP contribution in [0.4, 0.5) is 11.4 Å². The van der Waals surface area contributed by atoms with Crippen molar-refractivity contribution in [3.05, 3.63) is 52.0 Å². The van der Waals surface area contributed by atoms with Crippen molar-refractivity contribution in [1.82, 2.24) is 0 Å². The van der Waals surface area contributed by atoms with Crippen molar-refractivity contribution in [3.63, 3.8) is 0 Å².